The Balaban J connectivity index is 5.19. The molecule has 0 fully saturated rings. The Morgan fingerprint density at radius 1 is 0.765 bits per heavy atom. The fourth-order valence-electron chi connectivity index (χ4n) is 2.15. The van der Waals surface area contributed by atoms with Gasteiger partial charge in [0.1, 0.15) is 41.2 Å². The fraction of sp³-hybridized carbons (Fsp3) is 0.765. The van der Waals surface area contributed by atoms with Gasteiger partial charge >= 0.3 is 17.9 Å². The molecule has 0 aromatic rings. The Kier molecular flexibility index (Phi) is 15.5. The standard InChI is InChI=1S/C17H28O14S3/c1-12(2-3-15(21)34(27)28)16(22)31-11-17(8-18,9-29-13(19)4-6-32(23)24)10-30-14(20)5-7-33(25)26/h12,18,32-34H,2-11H2,1H3. The molecule has 1 unspecified atom stereocenters. The molecule has 0 heterocycles. The molecule has 0 aliphatic heterocycles. The number of carbonyl (C=O) groups is 4. The van der Waals surface area contributed by atoms with Gasteiger partial charge in [-0.25, -0.2) is 25.3 Å². The molecule has 198 valence electrons. The van der Waals surface area contributed by atoms with Crippen LogP contribution in [-0.4, -0.2) is 91.3 Å². The maximum absolute atomic E-state index is 12.2. The minimum absolute atomic E-state index is 0.141. The van der Waals surface area contributed by atoms with Crippen LogP contribution < -0.4 is 0 Å². The van der Waals surface area contributed by atoms with E-state index in [9.17, 15) is 49.5 Å². The molecule has 34 heavy (non-hydrogen) atoms. The van der Waals surface area contributed by atoms with Gasteiger partial charge < -0.3 is 19.3 Å². The van der Waals surface area contributed by atoms with E-state index in [2.05, 4.69) is 0 Å². The first-order valence-corrected chi connectivity index (χ1v) is 13.7. The molecule has 1 atom stereocenters. The molecule has 0 aliphatic carbocycles. The van der Waals surface area contributed by atoms with Crippen molar-refractivity contribution in [3.8, 4) is 0 Å². The predicted molar refractivity (Wildman–Crippen MR) is 116 cm³/mol. The highest BCUT2D eigenvalue weighted by Gasteiger charge is 2.36. The quantitative estimate of drug-likeness (QED) is 0.0811. The molecule has 0 saturated heterocycles. The molecule has 1 N–H and O–H groups in total. The second-order valence-corrected chi connectivity index (χ2v) is 10.5. The number of ether oxygens (including phenoxy) is 3. The average molecular weight is 553 g/mol. The van der Waals surface area contributed by atoms with Crippen LogP contribution in [-0.2, 0) is 65.5 Å². The van der Waals surface area contributed by atoms with Gasteiger partial charge in [0.05, 0.1) is 42.3 Å². The highest BCUT2D eigenvalue weighted by molar-refractivity contribution is 7.89. The minimum Gasteiger partial charge on any atom is -0.465 e. The lowest BCUT2D eigenvalue weighted by molar-refractivity contribution is -0.166. The molecular weight excluding hydrogens is 524 g/mol. The minimum atomic E-state index is -3.28. The number of aliphatic hydroxyl groups is 1. The van der Waals surface area contributed by atoms with E-state index < -0.39 is 124 Å². The van der Waals surface area contributed by atoms with Gasteiger partial charge in [-0.3, -0.25) is 19.2 Å². The van der Waals surface area contributed by atoms with Gasteiger partial charge in [0.2, 0.25) is 15.8 Å². The Morgan fingerprint density at radius 3 is 1.59 bits per heavy atom. The molecule has 0 spiro atoms. The third kappa shape index (κ3) is 14.2. The SMILES string of the molecule is CC(CCC(=O)[SH](=O)=O)C(=O)OCC(CO)(COC(=O)CC[SH](=O)=O)COC(=O)CC[SH](=O)=O. The first-order valence-electron chi connectivity index (χ1n) is 9.81. The Hall–Kier alpha value is -2.11. The number of carbonyl (C=O) groups excluding carboxylic acids is 4. The van der Waals surface area contributed by atoms with Crippen LogP contribution in [0.1, 0.15) is 32.6 Å². The van der Waals surface area contributed by atoms with E-state index in [0.717, 1.165) is 0 Å². The van der Waals surface area contributed by atoms with E-state index in [1.165, 1.54) is 6.92 Å². The van der Waals surface area contributed by atoms with E-state index in [1.54, 1.807) is 0 Å². The van der Waals surface area contributed by atoms with Gasteiger partial charge in [-0.1, -0.05) is 6.92 Å². The second kappa shape index (κ2) is 16.5. The molecule has 0 saturated carbocycles. The predicted octanol–water partition coefficient (Wildman–Crippen LogP) is -2.85. The zero-order valence-electron chi connectivity index (χ0n) is 18.2. The number of rotatable bonds is 17. The van der Waals surface area contributed by atoms with E-state index in [1.807, 2.05) is 0 Å². The molecular formula is C17H28O14S3. The van der Waals surface area contributed by atoms with Crippen molar-refractivity contribution < 1.29 is 63.7 Å². The summed E-state index contributed by atoms with van der Waals surface area (Å²) >= 11 is 0. The van der Waals surface area contributed by atoms with Crippen LogP contribution >= 0.6 is 0 Å². The number of aliphatic hydroxyl groups excluding tert-OH is 1. The van der Waals surface area contributed by atoms with Gasteiger partial charge in [-0.2, -0.15) is 0 Å². The molecule has 0 amide bonds. The highest BCUT2D eigenvalue weighted by atomic mass is 32.2. The van der Waals surface area contributed by atoms with Crippen LogP contribution in [0, 0.1) is 11.3 Å². The highest BCUT2D eigenvalue weighted by Crippen LogP contribution is 2.21. The maximum atomic E-state index is 12.2. The number of esters is 3. The van der Waals surface area contributed by atoms with E-state index in [-0.39, 0.29) is 6.42 Å². The maximum Gasteiger partial charge on any atom is 0.308 e. The monoisotopic (exact) mass is 552 g/mol. The largest absolute Gasteiger partial charge is 0.465 e. The van der Waals surface area contributed by atoms with Crippen molar-refractivity contribution in [2.45, 2.75) is 32.6 Å². The summed E-state index contributed by atoms with van der Waals surface area (Å²) in [7, 11) is -8.95. The van der Waals surface area contributed by atoms with Crippen molar-refractivity contribution in [1.82, 2.24) is 0 Å². The van der Waals surface area contributed by atoms with Crippen molar-refractivity contribution >= 4 is 55.1 Å². The summed E-state index contributed by atoms with van der Waals surface area (Å²) in [6.45, 7) is -1.38. The summed E-state index contributed by atoms with van der Waals surface area (Å²) in [4.78, 5) is 46.9. The first-order chi connectivity index (χ1) is 15.8. The second-order valence-electron chi connectivity index (χ2n) is 7.29. The van der Waals surface area contributed by atoms with Crippen LogP contribution in [0.25, 0.3) is 0 Å². The third-order valence-electron chi connectivity index (χ3n) is 4.33. The van der Waals surface area contributed by atoms with E-state index in [0.29, 0.717) is 0 Å². The van der Waals surface area contributed by atoms with Crippen LogP contribution in [0.5, 0.6) is 0 Å². The summed E-state index contributed by atoms with van der Waals surface area (Å²) in [6, 6.07) is 0. The van der Waals surface area contributed by atoms with Gasteiger partial charge in [-0.15, -0.1) is 0 Å². The summed E-state index contributed by atoms with van der Waals surface area (Å²) < 4.78 is 78.5. The molecule has 0 radical (unpaired) electrons. The van der Waals surface area contributed by atoms with Crippen molar-refractivity contribution in [1.29, 1.82) is 0 Å². The molecule has 0 aromatic heterocycles. The van der Waals surface area contributed by atoms with Gasteiger partial charge in [0.15, 0.2) is 0 Å². The molecule has 17 heteroatoms. The van der Waals surface area contributed by atoms with E-state index >= 15 is 0 Å². The Labute approximate surface area is 200 Å². The number of thiol groups is 3. The summed E-state index contributed by atoms with van der Waals surface area (Å²) in [5.41, 5.74) is -1.66. The molecule has 0 bridgehead atoms. The molecule has 0 aliphatic rings. The Bertz CT molecular complexity index is 881. The van der Waals surface area contributed by atoms with Crippen LogP contribution in [0.3, 0.4) is 0 Å². The smallest absolute Gasteiger partial charge is 0.308 e. The molecule has 0 aromatic carbocycles. The van der Waals surface area contributed by atoms with Crippen LogP contribution in [0.15, 0.2) is 0 Å². The van der Waals surface area contributed by atoms with Gasteiger partial charge in [-0.05, 0) is 6.42 Å². The lowest BCUT2D eigenvalue weighted by Crippen LogP contribution is -2.43. The number of hydrogen-bond donors (Lipinski definition) is 4. The zero-order valence-corrected chi connectivity index (χ0v) is 20.9. The van der Waals surface area contributed by atoms with Gasteiger partial charge in [0.25, 0.3) is 0 Å². The first kappa shape index (κ1) is 31.9. The van der Waals surface area contributed by atoms with Crippen molar-refractivity contribution in [3.05, 3.63) is 0 Å². The molecule has 0 rings (SSSR count). The van der Waals surface area contributed by atoms with Crippen molar-refractivity contribution in [2.75, 3.05) is 37.9 Å². The third-order valence-corrected chi connectivity index (χ3v) is 6.14. The summed E-state index contributed by atoms with van der Waals surface area (Å²) in [6.07, 6.45) is -1.52. The summed E-state index contributed by atoms with van der Waals surface area (Å²) in [5, 5.41) is 8.79. The zero-order chi connectivity index (χ0) is 26.3. The van der Waals surface area contributed by atoms with Crippen LogP contribution in [0.2, 0.25) is 0 Å². The van der Waals surface area contributed by atoms with Crippen molar-refractivity contribution in [2.24, 2.45) is 11.3 Å². The average Bonchev–Trinajstić information content (AvgIpc) is 2.78. The lowest BCUT2D eigenvalue weighted by atomic mass is 9.92. The normalized spacial score (nSPS) is 12.5. The van der Waals surface area contributed by atoms with Gasteiger partial charge in [0, 0.05) is 6.42 Å². The van der Waals surface area contributed by atoms with Crippen LogP contribution in [0.4, 0.5) is 0 Å². The lowest BCUT2D eigenvalue weighted by Gasteiger charge is -2.30. The topological polar surface area (TPSA) is 219 Å². The van der Waals surface area contributed by atoms with Crippen molar-refractivity contribution in [3.63, 3.8) is 0 Å². The molecule has 14 nitrogen and oxygen atoms in total. The summed E-state index contributed by atoms with van der Waals surface area (Å²) in [5.74, 6) is -4.66. The fourth-order valence-corrected chi connectivity index (χ4v) is 3.20. The number of hydrogen-bond acceptors (Lipinski definition) is 14. The van der Waals surface area contributed by atoms with E-state index in [4.69, 9.17) is 14.2 Å². The Morgan fingerprint density at radius 2 is 1.21 bits per heavy atom.